The monoisotopic (exact) mass is 329 g/mol. The van der Waals surface area contributed by atoms with Crippen molar-refractivity contribution in [3.8, 4) is 17.0 Å². The third kappa shape index (κ3) is 3.77. The lowest BCUT2D eigenvalue weighted by atomic mass is 10.3. The quantitative estimate of drug-likeness (QED) is 0.237. The molecule has 1 aromatic rings. The maximum atomic E-state index is 11.1. The van der Waals surface area contributed by atoms with Gasteiger partial charge in [0.2, 0.25) is 0 Å². The summed E-state index contributed by atoms with van der Waals surface area (Å²) in [5.74, 6) is -0.294. The maximum absolute atomic E-state index is 11.1. The fourth-order valence-electron chi connectivity index (χ4n) is 1.67. The van der Waals surface area contributed by atoms with Gasteiger partial charge in [-0.2, -0.15) is 0 Å². The Hall–Kier alpha value is -3.62. The molecule has 1 heterocycles. The van der Waals surface area contributed by atoms with Crippen LogP contribution in [0.1, 0.15) is 6.92 Å². The van der Waals surface area contributed by atoms with E-state index in [4.69, 9.17) is 4.74 Å². The van der Waals surface area contributed by atoms with Crippen LogP contribution in [0, 0.1) is 20.2 Å². The summed E-state index contributed by atoms with van der Waals surface area (Å²) in [4.78, 5) is 34.2. The minimum absolute atomic E-state index is 0.0508. The van der Waals surface area contributed by atoms with Crippen molar-refractivity contribution in [1.29, 1.82) is 0 Å². The van der Waals surface area contributed by atoms with Crippen LogP contribution in [0.4, 0.5) is 11.4 Å². The largest absolute Gasteiger partial charge is 0.423 e. The third-order valence-corrected chi connectivity index (χ3v) is 2.91. The van der Waals surface area contributed by atoms with Crippen LogP contribution >= 0.6 is 0 Å². The van der Waals surface area contributed by atoms with Crippen molar-refractivity contribution in [2.45, 2.75) is 6.92 Å². The summed E-state index contributed by atoms with van der Waals surface area (Å²) in [5.41, 5.74) is 1.66. The number of carbonyl (C=O) groups excluding carboxylic acids is 1. The Balaban J connectivity index is 0.000000194. The van der Waals surface area contributed by atoms with E-state index in [2.05, 4.69) is 11.6 Å². The van der Waals surface area contributed by atoms with Crippen LogP contribution in [0.25, 0.3) is 11.3 Å². The van der Waals surface area contributed by atoms with Crippen molar-refractivity contribution < 1.29 is 19.4 Å². The summed E-state index contributed by atoms with van der Waals surface area (Å²) in [6.07, 6.45) is 1.57. The fraction of sp³-hybridized carbons (Fsp3) is 0.0667. The number of nitro benzene ring substituents is 1. The van der Waals surface area contributed by atoms with Gasteiger partial charge in [0.1, 0.15) is 5.75 Å². The van der Waals surface area contributed by atoms with Crippen molar-refractivity contribution >= 4 is 17.3 Å². The minimum Gasteiger partial charge on any atom is -0.423 e. The van der Waals surface area contributed by atoms with Crippen molar-refractivity contribution in [3.63, 3.8) is 0 Å². The Morgan fingerprint density at radius 2 is 1.75 bits per heavy atom. The number of hydrogen-bond donors (Lipinski definition) is 0. The molecular weight excluding hydrogens is 318 g/mol. The molecule has 0 saturated carbocycles. The van der Waals surface area contributed by atoms with Gasteiger partial charge in [0.15, 0.2) is 5.69 Å². The summed E-state index contributed by atoms with van der Waals surface area (Å²) < 4.78 is 4.85. The Bertz CT molecular complexity index is 825. The first kappa shape index (κ1) is 16.7. The highest BCUT2D eigenvalue weighted by Crippen LogP contribution is 2.47. The fourth-order valence-corrected chi connectivity index (χ4v) is 1.67. The number of non-ortho nitro benzene ring substituents is 1. The molecule has 0 unspecified atom stereocenters. The molecule has 0 bridgehead atoms. The highest BCUT2D eigenvalue weighted by Gasteiger charge is 2.37. The number of ether oxygens (including phenoxy) is 1. The van der Waals surface area contributed by atoms with Crippen LogP contribution in [0.2, 0.25) is 0 Å². The third-order valence-electron chi connectivity index (χ3n) is 2.91. The van der Waals surface area contributed by atoms with Crippen LogP contribution in [0.15, 0.2) is 48.7 Å². The number of rotatable bonds is 4. The van der Waals surface area contributed by atoms with Gasteiger partial charge < -0.3 is 4.74 Å². The Labute approximate surface area is 135 Å². The van der Waals surface area contributed by atoms with Gasteiger partial charge in [-0.05, 0) is 25.1 Å². The number of carbonyl (C=O) groups is 1. The Kier molecular flexibility index (Phi) is 4.64. The normalized spacial score (nSPS) is 10.0. The lowest BCUT2D eigenvalue weighted by Crippen LogP contribution is -2.07. The number of nitro groups is 2. The predicted octanol–water partition coefficient (Wildman–Crippen LogP) is 3.05. The molecule has 0 radical (unpaired) electrons. The molecule has 1 aliphatic heterocycles. The zero-order chi connectivity index (χ0) is 17.9. The van der Waals surface area contributed by atoms with Gasteiger partial charge in [-0.15, -0.1) is 0 Å². The van der Waals surface area contributed by atoms with Gasteiger partial charge >= 0.3 is 11.7 Å². The van der Waals surface area contributed by atoms with E-state index in [1.807, 2.05) is 0 Å². The van der Waals surface area contributed by atoms with E-state index in [1.165, 1.54) is 31.2 Å². The standard InChI is InChI=1S/C10H9NO4.C5H2N2O2/c1-7(2)10(12)15-9-5-3-8(4-6-9)11(13)14;8-7(9)5-3-1-2-6-4(3)5/h3-6H,1H2,2H3;1-2H. The van der Waals surface area contributed by atoms with Gasteiger partial charge in [0.05, 0.1) is 15.4 Å². The van der Waals surface area contributed by atoms with Gasteiger partial charge in [-0.1, -0.05) is 6.58 Å². The molecule has 9 nitrogen and oxygen atoms in total. The molecule has 0 saturated heterocycles. The van der Waals surface area contributed by atoms with E-state index in [0.29, 0.717) is 11.3 Å². The van der Waals surface area contributed by atoms with Crippen LogP contribution in [-0.2, 0) is 4.79 Å². The molecule has 0 amide bonds. The van der Waals surface area contributed by atoms with Crippen molar-refractivity contribution in [1.82, 2.24) is 4.98 Å². The lowest BCUT2D eigenvalue weighted by Gasteiger charge is -2.02. The van der Waals surface area contributed by atoms with E-state index in [9.17, 15) is 25.0 Å². The lowest BCUT2D eigenvalue weighted by molar-refractivity contribution is -0.384. The smallest absolute Gasteiger partial charge is 0.338 e. The first-order valence-corrected chi connectivity index (χ1v) is 6.57. The van der Waals surface area contributed by atoms with Crippen LogP contribution in [0.5, 0.6) is 5.75 Å². The number of fused-ring (bicyclic) bond motifs is 1. The van der Waals surface area contributed by atoms with Gasteiger partial charge in [-0.25, -0.2) is 9.78 Å². The molecule has 0 spiro atoms. The molecule has 1 aliphatic carbocycles. The van der Waals surface area contributed by atoms with Gasteiger partial charge in [0, 0.05) is 23.9 Å². The summed E-state index contributed by atoms with van der Waals surface area (Å²) in [6.45, 7) is 4.94. The number of esters is 1. The van der Waals surface area contributed by atoms with E-state index in [-0.39, 0.29) is 22.7 Å². The molecule has 9 heteroatoms. The molecule has 2 aliphatic rings. The molecule has 0 aromatic heterocycles. The Morgan fingerprint density at radius 3 is 2.12 bits per heavy atom. The zero-order valence-corrected chi connectivity index (χ0v) is 12.5. The SMILES string of the molecule is C=C(C)C(=O)Oc1ccc([N+](=O)[O-])cc1.O=[N+]([O-])c1c2ccnc1-2. The van der Waals surface area contributed by atoms with E-state index in [1.54, 1.807) is 12.3 Å². The zero-order valence-electron chi connectivity index (χ0n) is 12.5. The molecular formula is C15H11N3O6. The number of nitrogens with zero attached hydrogens (tertiary/aromatic N) is 3. The molecule has 122 valence electrons. The van der Waals surface area contributed by atoms with E-state index in [0.717, 1.165) is 0 Å². The molecule has 24 heavy (non-hydrogen) atoms. The molecule has 0 N–H and O–H groups in total. The van der Waals surface area contributed by atoms with E-state index < -0.39 is 15.8 Å². The summed E-state index contributed by atoms with van der Waals surface area (Å²) in [6, 6.07) is 6.90. The predicted molar refractivity (Wildman–Crippen MR) is 83.4 cm³/mol. The number of aromatic nitrogens is 1. The molecule has 0 atom stereocenters. The second-order valence-electron chi connectivity index (χ2n) is 4.73. The molecule has 1 aromatic carbocycles. The van der Waals surface area contributed by atoms with Crippen molar-refractivity contribution in [2.75, 3.05) is 0 Å². The second-order valence-corrected chi connectivity index (χ2v) is 4.73. The first-order chi connectivity index (χ1) is 11.3. The molecule has 0 fully saturated rings. The van der Waals surface area contributed by atoms with Crippen molar-refractivity contribution in [3.05, 3.63) is 68.9 Å². The average Bonchev–Trinajstić information content (AvgIpc) is 3.03. The summed E-state index contributed by atoms with van der Waals surface area (Å²) >= 11 is 0. The highest BCUT2D eigenvalue weighted by atomic mass is 16.6. The van der Waals surface area contributed by atoms with E-state index >= 15 is 0 Å². The number of benzene rings is 1. The summed E-state index contributed by atoms with van der Waals surface area (Å²) in [5, 5.41) is 20.3. The average molecular weight is 329 g/mol. The van der Waals surface area contributed by atoms with Gasteiger partial charge in [0.25, 0.3) is 5.69 Å². The maximum Gasteiger partial charge on any atom is 0.338 e. The number of hydrogen-bond acceptors (Lipinski definition) is 7. The van der Waals surface area contributed by atoms with Crippen LogP contribution in [0.3, 0.4) is 0 Å². The minimum atomic E-state index is -0.552. The van der Waals surface area contributed by atoms with Crippen LogP contribution < -0.4 is 4.74 Å². The Morgan fingerprint density at radius 1 is 1.12 bits per heavy atom. The van der Waals surface area contributed by atoms with Gasteiger partial charge in [-0.3, -0.25) is 20.2 Å². The van der Waals surface area contributed by atoms with Crippen LogP contribution in [-0.4, -0.2) is 20.8 Å². The summed E-state index contributed by atoms with van der Waals surface area (Å²) in [7, 11) is 0. The molecule has 3 rings (SSSR count). The number of pyridine rings is 1. The first-order valence-electron chi connectivity index (χ1n) is 6.57. The topological polar surface area (TPSA) is 125 Å². The van der Waals surface area contributed by atoms with Crippen molar-refractivity contribution in [2.24, 2.45) is 0 Å². The highest BCUT2D eigenvalue weighted by molar-refractivity contribution is 5.96. The second kappa shape index (κ2) is 6.65.